The maximum absolute atomic E-state index is 5.95. The summed E-state index contributed by atoms with van der Waals surface area (Å²) in [6.45, 7) is 2.04. The minimum Gasteiger partial charge on any atom is -0.457 e. The van der Waals surface area contributed by atoms with E-state index in [-0.39, 0.29) is 0 Å². The molecule has 2 aromatic heterocycles. The fraction of sp³-hybridized carbons (Fsp3) is 0.0556. The van der Waals surface area contributed by atoms with Gasteiger partial charge in [-0.2, -0.15) is 5.10 Å². The summed E-state index contributed by atoms with van der Waals surface area (Å²) >= 11 is 0. The maximum Gasteiger partial charge on any atom is 0.161 e. The second-order valence-electron chi connectivity index (χ2n) is 5.49. The van der Waals surface area contributed by atoms with Crippen LogP contribution in [0, 0.1) is 6.92 Å². The van der Waals surface area contributed by atoms with Gasteiger partial charge in [0.15, 0.2) is 5.65 Å². The zero-order valence-corrected chi connectivity index (χ0v) is 13.0. The second-order valence-corrected chi connectivity index (χ2v) is 5.49. The molecule has 4 aromatic rings. The van der Waals surface area contributed by atoms with Gasteiger partial charge in [-0.05, 0) is 43.3 Å². The Morgan fingerprint density at radius 3 is 2.29 bits per heavy atom. The summed E-state index contributed by atoms with van der Waals surface area (Å²) in [5, 5.41) is 7.90. The highest BCUT2D eigenvalue weighted by Crippen LogP contribution is 2.30. The fourth-order valence-electron chi connectivity index (χ4n) is 2.51. The zero-order chi connectivity index (χ0) is 16.5. The van der Waals surface area contributed by atoms with E-state index in [1.807, 2.05) is 55.5 Å². The molecular weight excluding hydrogens is 302 g/mol. The van der Waals surface area contributed by atoms with E-state index >= 15 is 0 Å². The molecule has 6 nitrogen and oxygen atoms in total. The summed E-state index contributed by atoms with van der Waals surface area (Å²) in [5.41, 5.74) is 9.41. The minimum absolute atomic E-state index is 0.406. The van der Waals surface area contributed by atoms with Crippen molar-refractivity contribution >= 4 is 16.9 Å². The smallest absolute Gasteiger partial charge is 0.161 e. The molecule has 0 radical (unpaired) electrons. The molecule has 0 aliphatic carbocycles. The topological polar surface area (TPSA) is 89.7 Å². The Morgan fingerprint density at radius 2 is 1.58 bits per heavy atom. The molecule has 0 saturated heterocycles. The molecule has 0 fully saturated rings. The van der Waals surface area contributed by atoms with Gasteiger partial charge in [0.25, 0.3) is 0 Å². The summed E-state index contributed by atoms with van der Waals surface area (Å²) in [6.07, 6.45) is 1.41. The van der Waals surface area contributed by atoms with Crippen molar-refractivity contribution in [3.05, 3.63) is 60.4 Å². The number of nitrogens with two attached hydrogens (primary N) is 1. The first-order chi connectivity index (χ1) is 11.7. The Bertz CT molecular complexity index is 990. The van der Waals surface area contributed by atoms with Crippen LogP contribution in [0.2, 0.25) is 0 Å². The van der Waals surface area contributed by atoms with Crippen molar-refractivity contribution in [1.82, 2.24) is 20.2 Å². The largest absolute Gasteiger partial charge is 0.457 e. The van der Waals surface area contributed by atoms with Crippen molar-refractivity contribution in [2.45, 2.75) is 6.92 Å². The Labute approximate surface area is 138 Å². The first-order valence-corrected chi connectivity index (χ1v) is 7.50. The molecule has 0 amide bonds. The highest BCUT2D eigenvalue weighted by molar-refractivity contribution is 5.97. The monoisotopic (exact) mass is 317 g/mol. The standard InChI is InChI=1S/C18H15N5O/c1-11-2-6-13(7-3-11)24-14-8-4-12(5-9-14)16-15-17(19)20-10-21-18(15)23-22-16/h2-10H,1H3,(H3,19,20,21,22,23). The lowest BCUT2D eigenvalue weighted by atomic mass is 10.1. The summed E-state index contributed by atoms with van der Waals surface area (Å²) in [6, 6.07) is 15.6. The number of nitrogens with zero attached hydrogens (tertiary/aromatic N) is 3. The lowest BCUT2D eigenvalue weighted by Crippen LogP contribution is -1.92. The van der Waals surface area contributed by atoms with Crippen molar-refractivity contribution in [3.8, 4) is 22.8 Å². The van der Waals surface area contributed by atoms with Crippen LogP contribution in [0.1, 0.15) is 5.56 Å². The van der Waals surface area contributed by atoms with Gasteiger partial charge in [0, 0.05) is 5.56 Å². The summed E-state index contributed by atoms with van der Waals surface area (Å²) in [5.74, 6) is 1.96. The quantitative estimate of drug-likeness (QED) is 0.601. The zero-order valence-electron chi connectivity index (χ0n) is 13.0. The normalized spacial score (nSPS) is 10.9. The van der Waals surface area contributed by atoms with Crippen LogP contribution in [-0.4, -0.2) is 20.2 Å². The third kappa shape index (κ3) is 2.54. The molecular formula is C18H15N5O. The van der Waals surface area contributed by atoms with Gasteiger partial charge in [0.05, 0.1) is 5.39 Å². The van der Waals surface area contributed by atoms with Crippen molar-refractivity contribution in [2.75, 3.05) is 5.73 Å². The van der Waals surface area contributed by atoms with Crippen molar-refractivity contribution in [2.24, 2.45) is 0 Å². The number of benzene rings is 2. The van der Waals surface area contributed by atoms with Crippen LogP contribution in [0.25, 0.3) is 22.3 Å². The maximum atomic E-state index is 5.95. The third-order valence-electron chi connectivity index (χ3n) is 3.77. The van der Waals surface area contributed by atoms with E-state index in [0.29, 0.717) is 11.5 Å². The number of hydrogen-bond donors (Lipinski definition) is 2. The van der Waals surface area contributed by atoms with E-state index in [2.05, 4.69) is 20.2 Å². The predicted molar refractivity (Wildman–Crippen MR) is 92.8 cm³/mol. The highest BCUT2D eigenvalue weighted by Gasteiger charge is 2.12. The van der Waals surface area contributed by atoms with Crippen LogP contribution in [-0.2, 0) is 0 Å². The summed E-state index contributed by atoms with van der Waals surface area (Å²) < 4.78 is 5.84. The Morgan fingerprint density at radius 1 is 0.917 bits per heavy atom. The molecule has 3 N–H and O–H groups in total. The molecule has 0 atom stereocenters. The van der Waals surface area contributed by atoms with E-state index in [9.17, 15) is 0 Å². The highest BCUT2D eigenvalue weighted by atomic mass is 16.5. The number of ether oxygens (including phenoxy) is 1. The molecule has 24 heavy (non-hydrogen) atoms. The van der Waals surface area contributed by atoms with Gasteiger partial charge in [-0.1, -0.05) is 17.7 Å². The summed E-state index contributed by atoms with van der Waals surface area (Å²) in [7, 11) is 0. The van der Waals surface area contributed by atoms with Crippen LogP contribution < -0.4 is 10.5 Å². The number of rotatable bonds is 3. The number of H-pyrrole nitrogens is 1. The van der Waals surface area contributed by atoms with E-state index in [1.165, 1.54) is 11.9 Å². The molecule has 0 spiro atoms. The van der Waals surface area contributed by atoms with Gasteiger partial charge in [-0.25, -0.2) is 9.97 Å². The second kappa shape index (κ2) is 5.66. The van der Waals surface area contributed by atoms with Crippen LogP contribution in [0.5, 0.6) is 11.5 Å². The van der Waals surface area contributed by atoms with Crippen LogP contribution in [0.15, 0.2) is 54.9 Å². The molecule has 0 unspecified atom stereocenters. The van der Waals surface area contributed by atoms with Gasteiger partial charge in [0.1, 0.15) is 29.3 Å². The first-order valence-electron chi connectivity index (χ1n) is 7.50. The minimum atomic E-state index is 0.406. The number of anilines is 1. The van der Waals surface area contributed by atoms with Crippen LogP contribution in [0.4, 0.5) is 5.82 Å². The van der Waals surface area contributed by atoms with E-state index < -0.39 is 0 Å². The number of nitrogen functional groups attached to an aromatic ring is 1. The van der Waals surface area contributed by atoms with Crippen LogP contribution >= 0.6 is 0 Å². The van der Waals surface area contributed by atoms with Crippen LogP contribution in [0.3, 0.4) is 0 Å². The van der Waals surface area contributed by atoms with E-state index in [4.69, 9.17) is 10.5 Å². The molecule has 0 bridgehead atoms. The Kier molecular flexibility index (Phi) is 3.35. The Balaban J connectivity index is 1.64. The molecule has 0 saturated carbocycles. The number of nitrogens with one attached hydrogen (secondary N) is 1. The first kappa shape index (κ1) is 14.2. The number of aromatic amines is 1. The number of aromatic nitrogens is 4. The van der Waals surface area contributed by atoms with E-state index in [0.717, 1.165) is 28.1 Å². The predicted octanol–water partition coefficient (Wildman–Crippen LogP) is 3.70. The fourth-order valence-corrected chi connectivity index (χ4v) is 2.51. The third-order valence-corrected chi connectivity index (χ3v) is 3.77. The molecule has 4 rings (SSSR count). The van der Waals surface area contributed by atoms with Gasteiger partial charge in [-0.3, -0.25) is 5.10 Å². The van der Waals surface area contributed by atoms with Gasteiger partial charge >= 0.3 is 0 Å². The molecule has 2 heterocycles. The molecule has 0 aliphatic rings. The van der Waals surface area contributed by atoms with Gasteiger partial charge < -0.3 is 10.5 Å². The lowest BCUT2D eigenvalue weighted by molar-refractivity contribution is 0.482. The average molecular weight is 317 g/mol. The van der Waals surface area contributed by atoms with Crippen molar-refractivity contribution in [3.63, 3.8) is 0 Å². The molecule has 6 heteroatoms. The van der Waals surface area contributed by atoms with Gasteiger partial charge in [-0.15, -0.1) is 0 Å². The van der Waals surface area contributed by atoms with Gasteiger partial charge in [0.2, 0.25) is 0 Å². The Hall–Kier alpha value is -3.41. The molecule has 2 aromatic carbocycles. The number of hydrogen-bond acceptors (Lipinski definition) is 5. The number of aryl methyl sites for hydroxylation is 1. The lowest BCUT2D eigenvalue weighted by Gasteiger charge is -2.07. The molecule has 0 aliphatic heterocycles. The number of fused-ring (bicyclic) bond motifs is 1. The molecule has 118 valence electrons. The van der Waals surface area contributed by atoms with Crippen molar-refractivity contribution in [1.29, 1.82) is 0 Å². The summed E-state index contributed by atoms with van der Waals surface area (Å²) in [4.78, 5) is 8.16. The van der Waals surface area contributed by atoms with Crippen molar-refractivity contribution < 1.29 is 4.74 Å². The van der Waals surface area contributed by atoms with E-state index in [1.54, 1.807) is 0 Å². The SMILES string of the molecule is Cc1ccc(Oc2ccc(-c3n[nH]c4ncnc(N)c34)cc2)cc1. The average Bonchev–Trinajstić information content (AvgIpc) is 3.03.